The van der Waals surface area contributed by atoms with Gasteiger partial charge in [-0.25, -0.2) is 9.97 Å². The van der Waals surface area contributed by atoms with Crippen molar-refractivity contribution in [3.63, 3.8) is 0 Å². The van der Waals surface area contributed by atoms with Gasteiger partial charge in [0.1, 0.15) is 17.9 Å². The van der Waals surface area contributed by atoms with Gasteiger partial charge in [0.2, 0.25) is 5.91 Å². The molecule has 0 saturated carbocycles. The van der Waals surface area contributed by atoms with E-state index in [1.165, 1.54) is 11.3 Å². The third kappa shape index (κ3) is 2.71. The number of amides is 1. The van der Waals surface area contributed by atoms with Gasteiger partial charge in [0.25, 0.3) is 0 Å². The summed E-state index contributed by atoms with van der Waals surface area (Å²) in [5.74, 6) is 2.17. The normalized spacial score (nSPS) is 24.4. The van der Waals surface area contributed by atoms with Crippen LogP contribution in [-0.2, 0) is 24.2 Å². The Hall–Kier alpha value is -2.44. The summed E-state index contributed by atoms with van der Waals surface area (Å²) in [5.41, 5.74) is 4.41. The zero-order valence-electron chi connectivity index (χ0n) is 15.9. The Balaban J connectivity index is 1.45. The largest absolute Gasteiger partial charge is 0.361 e. The monoisotopic (exact) mass is 367 g/mol. The molecule has 5 heterocycles. The van der Waals surface area contributed by atoms with E-state index in [-0.39, 0.29) is 17.9 Å². The molecule has 7 heteroatoms. The minimum absolute atomic E-state index is 0.0382. The molecule has 0 spiro atoms. The molecule has 2 atom stereocenters. The molecule has 0 aromatic carbocycles. The average molecular weight is 367 g/mol. The summed E-state index contributed by atoms with van der Waals surface area (Å²) in [6, 6.07) is 0.206. The molecule has 27 heavy (non-hydrogen) atoms. The number of aromatic nitrogens is 3. The van der Waals surface area contributed by atoms with E-state index in [9.17, 15) is 4.79 Å². The lowest BCUT2D eigenvalue weighted by molar-refractivity contribution is -0.140. The maximum absolute atomic E-state index is 13.2. The number of carbonyl (C=O) groups excluding carboxylic acids is 1. The third-order valence-corrected chi connectivity index (χ3v) is 6.45. The Bertz CT molecular complexity index is 873. The van der Waals surface area contributed by atoms with Crippen molar-refractivity contribution in [2.45, 2.75) is 58.5 Å². The van der Waals surface area contributed by atoms with E-state index in [4.69, 9.17) is 4.52 Å². The smallest absolute Gasteiger partial charge is 0.228 e. The minimum Gasteiger partial charge on any atom is -0.361 e. The highest BCUT2D eigenvalue weighted by Gasteiger charge is 2.42. The first-order chi connectivity index (χ1) is 13.1. The van der Waals surface area contributed by atoms with E-state index in [2.05, 4.69) is 24.9 Å². The van der Waals surface area contributed by atoms with Crippen LogP contribution in [0.1, 0.15) is 47.5 Å². The predicted octanol–water partition coefficient (Wildman–Crippen LogP) is 2.20. The van der Waals surface area contributed by atoms with Crippen LogP contribution in [0.5, 0.6) is 0 Å². The predicted molar refractivity (Wildman–Crippen MR) is 99.3 cm³/mol. The van der Waals surface area contributed by atoms with E-state index in [1.54, 1.807) is 6.33 Å². The summed E-state index contributed by atoms with van der Waals surface area (Å²) in [4.78, 5) is 26.7. The van der Waals surface area contributed by atoms with Crippen LogP contribution in [0.15, 0.2) is 10.9 Å². The summed E-state index contributed by atoms with van der Waals surface area (Å²) in [5, 5.41) is 4.05. The molecule has 2 bridgehead atoms. The van der Waals surface area contributed by atoms with Crippen molar-refractivity contribution in [1.29, 1.82) is 0 Å². The molecule has 2 aromatic heterocycles. The van der Waals surface area contributed by atoms with Crippen LogP contribution < -0.4 is 4.90 Å². The van der Waals surface area contributed by atoms with Crippen LogP contribution in [0.2, 0.25) is 0 Å². The van der Waals surface area contributed by atoms with Gasteiger partial charge in [-0.1, -0.05) is 5.16 Å². The van der Waals surface area contributed by atoms with Gasteiger partial charge in [-0.2, -0.15) is 0 Å². The lowest BCUT2D eigenvalue weighted by Gasteiger charge is -2.36. The summed E-state index contributed by atoms with van der Waals surface area (Å²) in [6.45, 7) is 6.07. The molecule has 3 saturated heterocycles. The topological polar surface area (TPSA) is 75.4 Å². The molecule has 1 aliphatic carbocycles. The number of hydrogen-bond donors (Lipinski definition) is 0. The first-order valence-corrected chi connectivity index (χ1v) is 9.91. The lowest BCUT2D eigenvalue weighted by atomic mass is 9.93. The van der Waals surface area contributed by atoms with Crippen molar-refractivity contribution in [3.05, 3.63) is 34.6 Å². The van der Waals surface area contributed by atoms with Gasteiger partial charge >= 0.3 is 0 Å². The third-order valence-electron chi connectivity index (χ3n) is 6.45. The Morgan fingerprint density at radius 2 is 2.07 bits per heavy atom. The number of fused-ring (bicyclic) bond motifs is 5. The second kappa shape index (κ2) is 6.32. The quantitative estimate of drug-likeness (QED) is 0.828. The molecular weight excluding hydrogens is 342 g/mol. The molecule has 142 valence electrons. The first kappa shape index (κ1) is 16.7. The Kier molecular flexibility index (Phi) is 3.91. The molecule has 4 aliphatic rings. The van der Waals surface area contributed by atoms with Crippen molar-refractivity contribution >= 4 is 11.7 Å². The van der Waals surface area contributed by atoms with Gasteiger partial charge in [0.05, 0.1) is 18.2 Å². The van der Waals surface area contributed by atoms with Crippen molar-refractivity contribution in [1.82, 2.24) is 20.0 Å². The number of piperidine rings is 1. The molecular formula is C20H25N5O2. The van der Waals surface area contributed by atoms with E-state index in [0.717, 1.165) is 68.0 Å². The number of hydrogen-bond acceptors (Lipinski definition) is 6. The molecule has 0 N–H and O–H groups in total. The molecule has 0 radical (unpaired) electrons. The number of aryl methyl sites for hydroxylation is 3. The van der Waals surface area contributed by atoms with Gasteiger partial charge in [-0.3, -0.25) is 4.79 Å². The van der Waals surface area contributed by atoms with Gasteiger partial charge in [-0.05, 0) is 46.0 Å². The SMILES string of the molecule is Cc1noc(C)c1CN1C(=O)[C@@H]2CC[C@H]1CN(c1ncnc3c1CCC3)C2. The fourth-order valence-corrected chi connectivity index (χ4v) is 4.93. The summed E-state index contributed by atoms with van der Waals surface area (Å²) >= 11 is 0. The average Bonchev–Trinajstić information content (AvgIpc) is 3.16. The van der Waals surface area contributed by atoms with Crippen molar-refractivity contribution in [2.75, 3.05) is 18.0 Å². The molecule has 7 nitrogen and oxygen atoms in total. The minimum atomic E-state index is 0.0382. The fourth-order valence-electron chi connectivity index (χ4n) is 4.93. The zero-order chi connectivity index (χ0) is 18.5. The summed E-state index contributed by atoms with van der Waals surface area (Å²) in [7, 11) is 0. The van der Waals surface area contributed by atoms with Gasteiger partial charge < -0.3 is 14.3 Å². The molecule has 6 rings (SSSR count). The molecule has 1 amide bonds. The highest BCUT2D eigenvalue weighted by molar-refractivity contribution is 5.81. The van der Waals surface area contributed by atoms with Crippen LogP contribution in [-0.4, -0.2) is 45.1 Å². The number of rotatable bonds is 3. The van der Waals surface area contributed by atoms with E-state index in [0.29, 0.717) is 6.54 Å². The Morgan fingerprint density at radius 3 is 2.89 bits per heavy atom. The van der Waals surface area contributed by atoms with Crippen molar-refractivity contribution in [3.8, 4) is 0 Å². The number of anilines is 1. The highest BCUT2D eigenvalue weighted by Crippen LogP contribution is 2.35. The maximum Gasteiger partial charge on any atom is 0.228 e. The second-order valence-electron chi connectivity index (χ2n) is 8.08. The van der Waals surface area contributed by atoms with Crippen molar-refractivity contribution < 1.29 is 9.32 Å². The molecule has 3 fully saturated rings. The number of nitrogens with zero attached hydrogens (tertiary/aromatic N) is 5. The second-order valence-corrected chi connectivity index (χ2v) is 8.08. The van der Waals surface area contributed by atoms with Crippen LogP contribution in [0.25, 0.3) is 0 Å². The van der Waals surface area contributed by atoms with Crippen LogP contribution in [0.3, 0.4) is 0 Å². The van der Waals surface area contributed by atoms with E-state index < -0.39 is 0 Å². The van der Waals surface area contributed by atoms with Gasteiger partial charge in [-0.15, -0.1) is 0 Å². The van der Waals surface area contributed by atoms with Crippen LogP contribution in [0.4, 0.5) is 5.82 Å². The lowest BCUT2D eigenvalue weighted by Crippen LogP contribution is -2.47. The van der Waals surface area contributed by atoms with E-state index in [1.807, 2.05) is 13.8 Å². The summed E-state index contributed by atoms with van der Waals surface area (Å²) in [6.07, 6.45) is 6.94. The first-order valence-electron chi connectivity index (χ1n) is 9.91. The fraction of sp³-hybridized carbons (Fsp3) is 0.600. The number of carbonyl (C=O) groups is 1. The Labute approximate surface area is 158 Å². The molecule has 3 aliphatic heterocycles. The van der Waals surface area contributed by atoms with Crippen molar-refractivity contribution in [2.24, 2.45) is 5.92 Å². The van der Waals surface area contributed by atoms with Crippen LogP contribution in [0, 0.1) is 19.8 Å². The Morgan fingerprint density at radius 1 is 1.19 bits per heavy atom. The standard InChI is InChI=1S/C20H25N5O2/c1-12-17(13(2)27-23-12)10-25-15-7-6-14(20(25)26)8-24(9-15)19-16-4-3-5-18(16)21-11-22-19/h11,14-15H,3-10H2,1-2H3/t14-,15+/m1/s1. The maximum atomic E-state index is 13.2. The summed E-state index contributed by atoms with van der Waals surface area (Å²) < 4.78 is 5.31. The molecule has 0 unspecified atom stereocenters. The highest BCUT2D eigenvalue weighted by atomic mass is 16.5. The van der Waals surface area contributed by atoms with E-state index >= 15 is 0 Å². The zero-order valence-corrected chi connectivity index (χ0v) is 15.9. The molecule has 2 aromatic rings. The van der Waals surface area contributed by atoms with Gasteiger partial charge in [0.15, 0.2) is 0 Å². The van der Waals surface area contributed by atoms with Crippen LogP contribution >= 0.6 is 0 Å². The van der Waals surface area contributed by atoms with Gasteiger partial charge in [0, 0.05) is 36.0 Å².